The molecule has 13 heavy (non-hydrogen) atoms. The maximum Gasteiger partial charge on any atom is 0.223 e. The molecule has 0 saturated carbocycles. The minimum absolute atomic E-state index is 0.130. The predicted octanol–water partition coefficient (Wildman–Crippen LogP) is 0.709. The summed E-state index contributed by atoms with van der Waals surface area (Å²) in [6.45, 7) is 8.14. The zero-order valence-electron chi connectivity index (χ0n) is 9.00. The van der Waals surface area contributed by atoms with Crippen LogP contribution in [0.2, 0.25) is 0 Å². The van der Waals surface area contributed by atoms with E-state index in [9.17, 15) is 4.79 Å². The van der Waals surface area contributed by atoms with Gasteiger partial charge in [0.1, 0.15) is 0 Å². The summed E-state index contributed by atoms with van der Waals surface area (Å²) in [5.74, 6) is 0.761. The molecule has 1 amide bonds. The number of nitrogens with zero attached hydrogens (tertiary/aromatic N) is 1. The van der Waals surface area contributed by atoms with Gasteiger partial charge in [-0.25, -0.2) is 0 Å². The van der Waals surface area contributed by atoms with Gasteiger partial charge in [-0.2, -0.15) is 0 Å². The zero-order valence-corrected chi connectivity index (χ0v) is 9.00. The maximum absolute atomic E-state index is 11.6. The first-order valence-electron chi connectivity index (χ1n) is 4.99. The summed E-state index contributed by atoms with van der Waals surface area (Å²) in [5, 5.41) is 3.05. The summed E-state index contributed by atoms with van der Waals surface area (Å²) in [6.07, 6.45) is 0. The Morgan fingerprint density at radius 3 is 2.31 bits per heavy atom. The van der Waals surface area contributed by atoms with Crippen LogP contribution in [0.5, 0.6) is 0 Å². The topological polar surface area (TPSA) is 32.3 Å². The van der Waals surface area contributed by atoms with Crippen LogP contribution in [0.1, 0.15) is 20.8 Å². The molecule has 1 N–H and O–H groups in total. The van der Waals surface area contributed by atoms with Crippen LogP contribution in [0.25, 0.3) is 0 Å². The molecule has 3 heteroatoms. The van der Waals surface area contributed by atoms with Crippen molar-refractivity contribution in [3.8, 4) is 0 Å². The Morgan fingerprint density at radius 2 is 1.92 bits per heavy atom. The van der Waals surface area contributed by atoms with Crippen LogP contribution in [-0.4, -0.2) is 37.0 Å². The Bertz CT molecular complexity index is 185. The molecule has 0 aliphatic carbocycles. The van der Waals surface area contributed by atoms with E-state index in [-0.39, 0.29) is 11.8 Å². The normalized spacial score (nSPS) is 21.3. The first kappa shape index (κ1) is 10.5. The van der Waals surface area contributed by atoms with Crippen molar-refractivity contribution < 1.29 is 4.79 Å². The summed E-state index contributed by atoms with van der Waals surface area (Å²) >= 11 is 0. The van der Waals surface area contributed by atoms with Crippen molar-refractivity contribution in [3.05, 3.63) is 0 Å². The maximum atomic E-state index is 11.6. The van der Waals surface area contributed by atoms with Crippen LogP contribution in [0, 0.1) is 11.8 Å². The number of likely N-dealkylation sites (tertiary alicyclic amines) is 1. The quantitative estimate of drug-likeness (QED) is 0.700. The van der Waals surface area contributed by atoms with Crippen molar-refractivity contribution in [3.63, 3.8) is 0 Å². The highest BCUT2D eigenvalue weighted by Crippen LogP contribution is 2.11. The standard InChI is InChI=1S/C10H20N2O/c1-7(2)8(3)10(13)11-9-5-12(4)6-9/h7-9H,5-6H2,1-4H3,(H,11,13)/t8-/m1/s1. The second kappa shape index (κ2) is 4.09. The summed E-state index contributed by atoms with van der Waals surface area (Å²) in [4.78, 5) is 13.8. The summed E-state index contributed by atoms with van der Waals surface area (Å²) < 4.78 is 0. The number of hydrogen-bond acceptors (Lipinski definition) is 2. The van der Waals surface area contributed by atoms with E-state index in [2.05, 4.69) is 31.1 Å². The van der Waals surface area contributed by atoms with E-state index in [1.54, 1.807) is 0 Å². The zero-order chi connectivity index (χ0) is 10.0. The van der Waals surface area contributed by atoms with Gasteiger partial charge in [-0.1, -0.05) is 20.8 Å². The highest BCUT2D eigenvalue weighted by Gasteiger charge is 2.26. The van der Waals surface area contributed by atoms with Crippen molar-refractivity contribution in [1.29, 1.82) is 0 Å². The minimum atomic E-state index is 0.130. The molecule has 0 aromatic rings. The van der Waals surface area contributed by atoms with Gasteiger partial charge in [0.25, 0.3) is 0 Å². The Labute approximate surface area is 80.5 Å². The molecule has 76 valence electrons. The first-order valence-corrected chi connectivity index (χ1v) is 4.99. The lowest BCUT2D eigenvalue weighted by molar-refractivity contribution is -0.127. The average Bonchev–Trinajstić information content (AvgIpc) is 2.00. The Hall–Kier alpha value is -0.570. The molecular weight excluding hydrogens is 164 g/mol. The van der Waals surface area contributed by atoms with Gasteiger partial charge >= 0.3 is 0 Å². The van der Waals surface area contributed by atoms with E-state index in [0.29, 0.717) is 12.0 Å². The molecule has 0 spiro atoms. The predicted molar refractivity (Wildman–Crippen MR) is 53.4 cm³/mol. The molecule has 1 aliphatic heterocycles. The lowest BCUT2D eigenvalue weighted by atomic mass is 9.96. The van der Waals surface area contributed by atoms with Crippen molar-refractivity contribution in [2.75, 3.05) is 20.1 Å². The van der Waals surface area contributed by atoms with Crippen molar-refractivity contribution in [2.45, 2.75) is 26.8 Å². The number of nitrogens with one attached hydrogen (secondary N) is 1. The summed E-state index contributed by atoms with van der Waals surface area (Å²) in [5.41, 5.74) is 0. The van der Waals surface area contributed by atoms with Gasteiger partial charge in [0.05, 0.1) is 6.04 Å². The number of amides is 1. The van der Waals surface area contributed by atoms with E-state index in [0.717, 1.165) is 13.1 Å². The van der Waals surface area contributed by atoms with Gasteiger partial charge in [0, 0.05) is 19.0 Å². The van der Waals surface area contributed by atoms with Crippen LogP contribution in [-0.2, 0) is 4.79 Å². The van der Waals surface area contributed by atoms with E-state index < -0.39 is 0 Å². The lowest BCUT2D eigenvalue weighted by Crippen LogP contribution is -2.58. The smallest absolute Gasteiger partial charge is 0.223 e. The molecule has 1 rings (SSSR count). The van der Waals surface area contributed by atoms with E-state index in [1.165, 1.54) is 0 Å². The van der Waals surface area contributed by atoms with E-state index >= 15 is 0 Å². The van der Waals surface area contributed by atoms with Crippen molar-refractivity contribution >= 4 is 5.91 Å². The molecule has 0 radical (unpaired) electrons. The molecule has 1 aliphatic rings. The first-order chi connectivity index (χ1) is 6.00. The number of rotatable bonds is 3. The number of hydrogen-bond donors (Lipinski definition) is 1. The minimum Gasteiger partial charge on any atom is -0.351 e. The fourth-order valence-corrected chi connectivity index (χ4v) is 1.43. The third-order valence-corrected chi connectivity index (χ3v) is 2.82. The highest BCUT2D eigenvalue weighted by molar-refractivity contribution is 5.78. The Morgan fingerprint density at radius 1 is 1.38 bits per heavy atom. The molecule has 1 atom stereocenters. The third-order valence-electron chi connectivity index (χ3n) is 2.82. The van der Waals surface area contributed by atoms with Gasteiger partial charge < -0.3 is 10.2 Å². The average molecular weight is 184 g/mol. The van der Waals surface area contributed by atoms with E-state index in [1.807, 2.05) is 6.92 Å². The Kier molecular flexibility index (Phi) is 3.31. The molecule has 1 saturated heterocycles. The molecule has 0 aromatic heterocycles. The van der Waals surface area contributed by atoms with Gasteiger partial charge in [-0.3, -0.25) is 4.79 Å². The molecule has 0 unspecified atom stereocenters. The van der Waals surface area contributed by atoms with Gasteiger partial charge in [-0.05, 0) is 13.0 Å². The summed E-state index contributed by atoms with van der Waals surface area (Å²) in [6, 6.07) is 0.388. The second-order valence-electron chi connectivity index (χ2n) is 4.46. The lowest BCUT2D eigenvalue weighted by Gasteiger charge is -2.37. The van der Waals surface area contributed by atoms with Crippen LogP contribution in [0.3, 0.4) is 0 Å². The van der Waals surface area contributed by atoms with Crippen molar-refractivity contribution in [2.24, 2.45) is 11.8 Å². The molecule has 1 fully saturated rings. The van der Waals surface area contributed by atoms with Crippen LogP contribution in [0.15, 0.2) is 0 Å². The molecule has 0 aromatic carbocycles. The highest BCUT2D eigenvalue weighted by atomic mass is 16.2. The number of carbonyl (C=O) groups excluding carboxylic acids is 1. The molecule has 3 nitrogen and oxygen atoms in total. The molecule has 0 bridgehead atoms. The van der Waals surface area contributed by atoms with Crippen LogP contribution < -0.4 is 5.32 Å². The van der Waals surface area contributed by atoms with Crippen molar-refractivity contribution in [1.82, 2.24) is 10.2 Å². The second-order valence-corrected chi connectivity index (χ2v) is 4.46. The number of carbonyl (C=O) groups is 1. The summed E-state index contributed by atoms with van der Waals surface area (Å²) in [7, 11) is 2.06. The molecular formula is C10H20N2O. The van der Waals surface area contributed by atoms with Gasteiger partial charge in [-0.15, -0.1) is 0 Å². The monoisotopic (exact) mass is 184 g/mol. The Balaban J connectivity index is 2.25. The third kappa shape index (κ3) is 2.69. The fraction of sp³-hybridized carbons (Fsp3) is 0.900. The van der Waals surface area contributed by atoms with Crippen LogP contribution in [0.4, 0.5) is 0 Å². The van der Waals surface area contributed by atoms with Crippen LogP contribution >= 0.6 is 0 Å². The SMILES string of the molecule is CC(C)[C@@H](C)C(=O)NC1CN(C)C1. The largest absolute Gasteiger partial charge is 0.351 e. The fourth-order valence-electron chi connectivity index (χ4n) is 1.43. The molecule has 1 heterocycles. The van der Waals surface area contributed by atoms with E-state index in [4.69, 9.17) is 0 Å². The van der Waals surface area contributed by atoms with Gasteiger partial charge in [0.2, 0.25) is 5.91 Å². The van der Waals surface area contributed by atoms with Gasteiger partial charge in [0.15, 0.2) is 0 Å². The number of likely N-dealkylation sites (N-methyl/N-ethyl adjacent to an activating group) is 1.